The Morgan fingerprint density at radius 2 is 2.38 bits per heavy atom. The van der Waals surface area contributed by atoms with Gasteiger partial charge in [-0.25, -0.2) is 0 Å². The molecule has 0 atom stereocenters. The second-order valence-corrected chi connectivity index (χ2v) is 3.81. The van der Waals surface area contributed by atoms with E-state index < -0.39 is 8.65 Å². The van der Waals surface area contributed by atoms with Gasteiger partial charge in [-0.1, -0.05) is 12.8 Å². The van der Waals surface area contributed by atoms with Gasteiger partial charge in [0.2, 0.25) is 8.65 Å². The van der Waals surface area contributed by atoms with Gasteiger partial charge in [0.1, 0.15) is 0 Å². The van der Waals surface area contributed by atoms with E-state index in [2.05, 4.69) is 12.8 Å². The molecule has 1 nitrogen and oxygen atoms in total. The van der Waals surface area contributed by atoms with Crippen molar-refractivity contribution in [2.45, 2.75) is 18.9 Å². The lowest BCUT2D eigenvalue weighted by atomic mass is 10.3. The number of allylic oxidation sites excluding steroid dienone is 1. The zero-order valence-corrected chi connectivity index (χ0v) is 5.94. The van der Waals surface area contributed by atoms with Crippen molar-refractivity contribution in [1.82, 2.24) is 0 Å². The van der Waals surface area contributed by atoms with E-state index in [0.29, 0.717) is 0 Å². The minimum absolute atomic E-state index is 0.691. The van der Waals surface area contributed by atoms with Crippen LogP contribution in [0.3, 0.4) is 0 Å². The van der Waals surface area contributed by atoms with Crippen LogP contribution in [0.2, 0.25) is 6.04 Å². The predicted molar refractivity (Wildman–Crippen MR) is 37.1 cm³/mol. The highest BCUT2D eigenvalue weighted by atomic mass is 28.3. The molecule has 8 heavy (non-hydrogen) atoms. The largest absolute Gasteiger partial charge is 0.522 e. The first kappa shape index (κ1) is 5.76. The van der Waals surface area contributed by atoms with Gasteiger partial charge in [0.05, 0.1) is 5.76 Å². The Morgan fingerprint density at radius 1 is 1.62 bits per heavy atom. The molecule has 0 bridgehead atoms. The van der Waals surface area contributed by atoms with Gasteiger partial charge in [-0.05, 0) is 12.5 Å². The fourth-order valence-electron chi connectivity index (χ4n) is 0.789. The highest BCUT2D eigenvalue weighted by Crippen LogP contribution is 2.14. The summed E-state index contributed by atoms with van der Waals surface area (Å²) in [5.41, 5.74) is 0. The van der Waals surface area contributed by atoms with E-state index in [0.717, 1.165) is 12.2 Å². The highest BCUT2D eigenvalue weighted by molar-refractivity contribution is 6.56. The van der Waals surface area contributed by atoms with E-state index in [9.17, 15) is 0 Å². The Kier molecular flexibility index (Phi) is 1.63. The minimum Gasteiger partial charge on any atom is -0.522 e. The van der Waals surface area contributed by atoms with Crippen LogP contribution >= 0.6 is 0 Å². The van der Waals surface area contributed by atoms with Gasteiger partial charge in [-0.3, -0.25) is 0 Å². The molecule has 1 aliphatic heterocycles. The zero-order valence-electron chi connectivity index (χ0n) is 4.94. The molecule has 44 valence electrons. The Morgan fingerprint density at radius 3 is 2.75 bits per heavy atom. The predicted octanol–water partition coefficient (Wildman–Crippen LogP) is 1.32. The van der Waals surface area contributed by atoms with Gasteiger partial charge >= 0.3 is 0 Å². The standard InChI is InChI=1S/C6H10OSi/c1-6-4-3-5-8(2)7-6/h1-5H2. The summed E-state index contributed by atoms with van der Waals surface area (Å²) >= 11 is 0. The summed E-state index contributed by atoms with van der Waals surface area (Å²) in [6.07, 6.45) is 6.14. The van der Waals surface area contributed by atoms with Crippen LogP contribution in [-0.2, 0) is 4.43 Å². The van der Waals surface area contributed by atoms with Crippen LogP contribution in [0.5, 0.6) is 0 Å². The molecule has 0 unspecified atom stereocenters. The first-order valence-corrected chi connectivity index (χ1v) is 4.64. The molecule has 0 aromatic carbocycles. The first-order valence-electron chi connectivity index (χ1n) is 2.82. The van der Waals surface area contributed by atoms with Gasteiger partial charge in [0.15, 0.2) is 0 Å². The van der Waals surface area contributed by atoms with Crippen molar-refractivity contribution in [2.24, 2.45) is 0 Å². The summed E-state index contributed by atoms with van der Waals surface area (Å²) in [4.78, 5) is 0. The molecule has 0 saturated carbocycles. The van der Waals surface area contributed by atoms with Crippen LogP contribution in [0.25, 0.3) is 0 Å². The zero-order chi connectivity index (χ0) is 5.98. The van der Waals surface area contributed by atoms with E-state index in [-0.39, 0.29) is 0 Å². The summed E-state index contributed by atoms with van der Waals surface area (Å²) in [6, 6.07) is 1.18. The molecule has 1 aliphatic rings. The second kappa shape index (κ2) is 2.26. The van der Waals surface area contributed by atoms with Crippen LogP contribution in [0.15, 0.2) is 12.3 Å². The fourth-order valence-corrected chi connectivity index (χ4v) is 1.97. The lowest BCUT2D eigenvalue weighted by molar-refractivity contribution is 0.399. The molecule has 1 fully saturated rings. The molecule has 0 spiro atoms. The van der Waals surface area contributed by atoms with Gasteiger partial charge in [-0.2, -0.15) is 0 Å². The maximum Gasteiger partial charge on any atom is 0.232 e. The molecule has 1 heterocycles. The minimum atomic E-state index is -0.691. The average Bonchev–Trinajstić information content (AvgIpc) is 1.64. The normalized spacial score (nSPS) is 20.5. The molecular weight excluding hydrogens is 116 g/mol. The molecule has 0 aromatic rings. The summed E-state index contributed by atoms with van der Waals surface area (Å²) in [6.45, 7) is 3.73. The lowest BCUT2D eigenvalue weighted by Gasteiger charge is -2.15. The molecular formula is C6H10OSi. The Bertz CT molecular complexity index is 114. The quantitative estimate of drug-likeness (QED) is 0.445. The topological polar surface area (TPSA) is 9.23 Å². The average molecular weight is 126 g/mol. The smallest absolute Gasteiger partial charge is 0.232 e. The van der Waals surface area contributed by atoms with Crippen molar-refractivity contribution in [3.63, 3.8) is 0 Å². The monoisotopic (exact) mass is 126 g/mol. The molecule has 0 aliphatic carbocycles. The third-order valence-corrected chi connectivity index (χ3v) is 2.69. The summed E-state index contributed by atoms with van der Waals surface area (Å²) in [5, 5.41) is 0. The van der Waals surface area contributed by atoms with E-state index >= 15 is 0 Å². The van der Waals surface area contributed by atoms with Crippen molar-refractivity contribution in [3.8, 4) is 0 Å². The third-order valence-electron chi connectivity index (χ3n) is 1.20. The second-order valence-electron chi connectivity index (χ2n) is 2.03. The van der Waals surface area contributed by atoms with Gasteiger partial charge in [-0.15, -0.1) is 0 Å². The third kappa shape index (κ3) is 1.30. The molecule has 0 amide bonds. The molecule has 2 heteroatoms. The van der Waals surface area contributed by atoms with Crippen molar-refractivity contribution >= 4 is 14.8 Å². The summed E-state index contributed by atoms with van der Waals surface area (Å²) in [7, 11) is -0.691. The number of hydrogen-bond donors (Lipinski definition) is 0. The summed E-state index contributed by atoms with van der Waals surface area (Å²) < 4.78 is 5.28. The van der Waals surface area contributed by atoms with Gasteiger partial charge in [0.25, 0.3) is 0 Å². The maximum atomic E-state index is 5.28. The molecule has 0 aromatic heterocycles. The van der Waals surface area contributed by atoms with Crippen molar-refractivity contribution in [2.75, 3.05) is 0 Å². The van der Waals surface area contributed by atoms with Crippen molar-refractivity contribution in [3.05, 3.63) is 12.3 Å². The maximum absolute atomic E-state index is 5.28. The van der Waals surface area contributed by atoms with Crippen molar-refractivity contribution in [1.29, 1.82) is 0 Å². The van der Waals surface area contributed by atoms with E-state index in [1.807, 2.05) is 0 Å². The Labute approximate surface area is 51.3 Å². The van der Waals surface area contributed by atoms with Crippen LogP contribution in [0.4, 0.5) is 0 Å². The van der Waals surface area contributed by atoms with Crippen LogP contribution in [0, 0.1) is 0 Å². The van der Waals surface area contributed by atoms with E-state index in [4.69, 9.17) is 4.43 Å². The van der Waals surface area contributed by atoms with E-state index in [1.54, 1.807) is 0 Å². The molecule has 1 rings (SSSR count). The van der Waals surface area contributed by atoms with Crippen LogP contribution in [0.1, 0.15) is 12.8 Å². The van der Waals surface area contributed by atoms with Crippen molar-refractivity contribution < 1.29 is 4.43 Å². The SMILES string of the molecule is C=C1CCC[Si](=C)O1. The fraction of sp³-hybridized carbons (Fsp3) is 0.500. The van der Waals surface area contributed by atoms with E-state index in [1.165, 1.54) is 12.5 Å². The number of rotatable bonds is 0. The van der Waals surface area contributed by atoms with Gasteiger partial charge in [0, 0.05) is 6.42 Å². The Hall–Kier alpha value is -0.373. The summed E-state index contributed by atoms with van der Waals surface area (Å²) in [5.74, 6) is 0.945. The van der Waals surface area contributed by atoms with Crippen LogP contribution in [-0.4, -0.2) is 14.8 Å². The highest BCUT2D eigenvalue weighted by Gasteiger charge is 2.07. The Balaban J connectivity index is 2.45. The van der Waals surface area contributed by atoms with Crippen LogP contribution < -0.4 is 0 Å². The first-order chi connectivity index (χ1) is 3.79. The lowest BCUT2D eigenvalue weighted by Crippen LogP contribution is -2.11. The van der Waals surface area contributed by atoms with Gasteiger partial charge < -0.3 is 4.43 Å². The molecule has 0 radical (unpaired) electrons. The number of hydrogen-bond acceptors (Lipinski definition) is 1. The molecule has 1 saturated heterocycles. The molecule has 0 N–H and O–H groups in total.